The Labute approximate surface area is 101 Å². The molecule has 1 aromatic carbocycles. The normalized spacial score (nSPS) is 12.2. The average Bonchev–Trinajstić information content (AvgIpc) is 2.31. The Morgan fingerprint density at radius 2 is 1.88 bits per heavy atom. The maximum absolute atomic E-state index is 13.6. The predicted octanol–water partition coefficient (Wildman–Crippen LogP) is 3.19. The van der Waals surface area contributed by atoms with E-state index < -0.39 is 17.7 Å². The molecule has 2 nitrogen and oxygen atoms in total. The van der Waals surface area contributed by atoms with Gasteiger partial charge in [0.2, 0.25) is 12.0 Å². The first-order valence-corrected chi connectivity index (χ1v) is 5.75. The lowest BCUT2D eigenvalue weighted by molar-refractivity contribution is -0.122. The van der Waals surface area contributed by atoms with Gasteiger partial charge < -0.3 is 0 Å². The molecular weight excluding hydrogens is 219 g/mol. The molecule has 0 bridgehead atoms. The molecule has 0 saturated heterocycles. The number of rotatable bonds is 5. The molecule has 1 unspecified atom stereocenters. The Morgan fingerprint density at radius 1 is 1.24 bits per heavy atom. The van der Waals surface area contributed by atoms with Crippen LogP contribution in [0.25, 0.3) is 0 Å². The Bertz CT molecular complexity index is 438. The van der Waals surface area contributed by atoms with Gasteiger partial charge in [0.15, 0.2) is 5.78 Å². The van der Waals surface area contributed by atoms with Crippen LogP contribution in [0.5, 0.6) is 0 Å². The maximum Gasteiger partial charge on any atom is 0.220 e. The summed E-state index contributed by atoms with van der Waals surface area (Å²) in [7, 11) is 0. The van der Waals surface area contributed by atoms with Crippen molar-refractivity contribution in [3.63, 3.8) is 0 Å². The Hall–Kier alpha value is -1.51. The molecular formula is C14H17FO2. The highest BCUT2D eigenvalue weighted by atomic mass is 19.1. The summed E-state index contributed by atoms with van der Waals surface area (Å²) in [5, 5.41) is 0. The van der Waals surface area contributed by atoms with Crippen LogP contribution in [-0.4, -0.2) is 17.7 Å². The van der Waals surface area contributed by atoms with Gasteiger partial charge in [0.05, 0.1) is 0 Å². The van der Waals surface area contributed by atoms with E-state index in [-0.39, 0.29) is 12.0 Å². The van der Waals surface area contributed by atoms with Crippen LogP contribution in [0.3, 0.4) is 0 Å². The van der Waals surface area contributed by atoms with Crippen molar-refractivity contribution in [3.05, 3.63) is 34.9 Å². The average molecular weight is 236 g/mol. The van der Waals surface area contributed by atoms with E-state index in [0.717, 1.165) is 11.1 Å². The Balaban J connectivity index is 2.89. The van der Waals surface area contributed by atoms with Crippen LogP contribution >= 0.6 is 0 Å². The van der Waals surface area contributed by atoms with Crippen molar-refractivity contribution >= 4 is 11.6 Å². The summed E-state index contributed by atoms with van der Waals surface area (Å²) in [4.78, 5) is 23.0. The molecule has 0 aliphatic carbocycles. The highest BCUT2D eigenvalue weighted by molar-refractivity contribution is 6.13. The van der Waals surface area contributed by atoms with Gasteiger partial charge in [0.25, 0.3) is 0 Å². The van der Waals surface area contributed by atoms with Crippen molar-refractivity contribution in [2.45, 2.75) is 39.8 Å². The van der Waals surface area contributed by atoms with Gasteiger partial charge in [-0.15, -0.1) is 0 Å². The molecule has 0 aliphatic heterocycles. The third-order valence-corrected chi connectivity index (χ3v) is 2.80. The highest BCUT2D eigenvalue weighted by Gasteiger charge is 2.26. The molecule has 0 saturated carbocycles. The topological polar surface area (TPSA) is 34.1 Å². The van der Waals surface area contributed by atoms with Gasteiger partial charge in [0.1, 0.15) is 0 Å². The van der Waals surface area contributed by atoms with Gasteiger partial charge in [-0.2, -0.15) is 0 Å². The molecule has 0 heterocycles. The molecule has 92 valence electrons. The van der Waals surface area contributed by atoms with Crippen molar-refractivity contribution < 1.29 is 14.0 Å². The second-order valence-corrected chi connectivity index (χ2v) is 4.24. The van der Waals surface area contributed by atoms with Crippen LogP contribution in [0.4, 0.5) is 4.39 Å². The van der Waals surface area contributed by atoms with E-state index in [2.05, 4.69) is 0 Å². The van der Waals surface area contributed by atoms with Gasteiger partial charge in [-0.05, 0) is 37.5 Å². The summed E-state index contributed by atoms with van der Waals surface area (Å²) in [5.74, 6) is -1.36. The molecule has 0 N–H and O–H groups in total. The van der Waals surface area contributed by atoms with Gasteiger partial charge in [-0.3, -0.25) is 9.59 Å². The standard InChI is InChI=1S/C14H17FO2/c1-4-5-12(16)13(15)14(17)11-7-6-9(2)10(3)8-11/h6-8,13H,4-5H2,1-3H3. The second-order valence-electron chi connectivity index (χ2n) is 4.24. The maximum atomic E-state index is 13.6. The van der Waals surface area contributed by atoms with Gasteiger partial charge in [0, 0.05) is 12.0 Å². The number of aryl methyl sites for hydroxylation is 2. The van der Waals surface area contributed by atoms with Crippen molar-refractivity contribution in [2.75, 3.05) is 0 Å². The van der Waals surface area contributed by atoms with E-state index in [0.29, 0.717) is 6.42 Å². The lowest BCUT2D eigenvalue weighted by Crippen LogP contribution is -2.25. The molecule has 0 radical (unpaired) electrons. The quantitative estimate of drug-likeness (QED) is 0.581. The van der Waals surface area contributed by atoms with Crippen LogP contribution in [0, 0.1) is 13.8 Å². The molecule has 0 aliphatic rings. The molecule has 1 atom stereocenters. The van der Waals surface area contributed by atoms with Crippen molar-refractivity contribution in [3.8, 4) is 0 Å². The van der Waals surface area contributed by atoms with Gasteiger partial charge in [-0.25, -0.2) is 4.39 Å². The van der Waals surface area contributed by atoms with E-state index in [1.165, 1.54) is 0 Å². The number of halogens is 1. The third-order valence-electron chi connectivity index (χ3n) is 2.80. The molecule has 3 heteroatoms. The van der Waals surface area contributed by atoms with Gasteiger partial charge in [-0.1, -0.05) is 19.1 Å². The lowest BCUT2D eigenvalue weighted by Gasteiger charge is -2.07. The summed E-state index contributed by atoms with van der Waals surface area (Å²) < 4.78 is 13.6. The number of hydrogen-bond acceptors (Lipinski definition) is 2. The van der Waals surface area contributed by atoms with E-state index in [1.54, 1.807) is 25.1 Å². The number of alkyl halides is 1. The minimum absolute atomic E-state index is 0.109. The van der Waals surface area contributed by atoms with E-state index in [1.807, 2.05) is 13.8 Å². The zero-order chi connectivity index (χ0) is 13.0. The van der Waals surface area contributed by atoms with Crippen LogP contribution in [0.15, 0.2) is 18.2 Å². The number of ketones is 2. The summed E-state index contributed by atoms with van der Waals surface area (Å²) in [6.45, 7) is 5.55. The van der Waals surface area contributed by atoms with E-state index in [9.17, 15) is 14.0 Å². The first-order valence-electron chi connectivity index (χ1n) is 5.75. The predicted molar refractivity (Wildman–Crippen MR) is 65.1 cm³/mol. The van der Waals surface area contributed by atoms with Crippen molar-refractivity contribution in [1.82, 2.24) is 0 Å². The van der Waals surface area contributed by atoms with Crippen molar-refractivity contribution in [2.24, 2.45) is 0 Å². The van der Waals surface area contributed by atoms with E-state index in [4.69, 9.17) is 0 Å². The fraction of sp³-hybridized carbons (Fsp3) is 0.429. The van der Waals surface area contributed by atoms with E-state index >= 15 is 0 Å². The van der Waals surface area contributed by atoms with Crippen LogP contribution in [-0.2, 0) is 4.79 Å². The fourth-order valence-corrected chi connectivity index (χ4v) is 1.56. The minimum Gasteiger partial charge on any atom is -0.296 e. The number of benzene rings is 1. The molecule has 0 spiro atoms. The lowest BCUT2D eigenvalue weighted by atomic mass is 9.98. The molecule has 17 heavy (non-hydrogen) atoms. The monoisotopic (exact) mass is 236 g/mol. The number of Topliss-reactive ketones (excluding diaryl/α,β-unsaturated/α-hetero) is 2. The number of hydrogen-bond donors (Lipinski definition) is 0. The second kappa shape index (κ2) is 5.71. The minimum atomic E-state index is -2.02. The zero-order valence-electron chi connectivity index (χ0n) is 10.4. The Morgan fingerprint density at radius 3 is 2.41 bits per heavy atom. The summed E-state index contributed by atoms with van der Waals surface area (Å²) in [6.07, 6.45) is -1.35. The summed E-state index contributed by atoms with van der Waals surface area (Å²) in [5.41, 5.74) is 2.23. The summed E-state index contributed by atoms with van der Waals surface area (Å²) >= 11 is 0. The first kappa shape index (κ1) is 13.6. The Kier molecular flexibility index (Phi) is 4.55. The SMILES string of the molecule is CCCC(=O)C(F)C(=O)c1ccc(C)c(C)c1. The van der Waals surface area contributed by atoms with Crippen LogP contribution in [0.2, 0.25) is 0 Å². The highest BCUT2D eigenvalue weighted by Crippen LogP contribution is 2.14. The fourth-order valence-electron chi connectivity index (χ4n) is 1.56. The van der Waals surface area contributed by atoms with Gasteiger partial charge >= 0.3 is 0 Å². The first-order chi connectivity index (χ1) is 7.97. The molecule has 1 rings (SSSR count). The number of carbonyl (C=O) groups excluding carboxylic acids is 2. The number of carbonyl (C=O) groups is 2. The zero-order valence-corrected chi connectivity index (χ0v) is 10.4. The molecule has 1 aromatic rings. The van der Waals surface area contributed by atoms with Crippen LogP contribution < -0.4 is 0 Å². The molecule has 0 fully saturated rings. The van der Waals surface area contributed by atoms with Crippen LogP contribution in [0.1, 0.15) is 41.3 Å². The third kappa shape index (κ3) is 3.22. The summed E-state index contributed by atoms with van der Waals surface area (Å²) in [6, 6.07) is 4.96. The molecule has 0 aromatic heterocycles. The smallest absolute Gasteiger partial charge is 0.220 e. The molecule has 0 amide bonds. The van der Waals surface area contributed by atoms with Crippen molar-refractivity contribution in [1.29, 1.82) is 0 Å². The largest absolute Gasteiger partial charge is 0.296 e.